The Bertz CT molecular complexity index is 630. The van der Waals surface area contributed by atoms with Crippen LogP contribution in [0.4, 0.5) is 0 Å². The lowest BCUT2D eigenvalue weighted by molar-refractivity contribution is -0.116. The standard InChI is InChI=1S/C18H19NO2/c1-14-4-2-3-5-17(14)10-11-18(21)19-12-15-6-8-16(13-20)9-7-15/h2-11,20H,12-13H2,1H3,(H,19,21)/b11-10+. The second-order valence-corrected chi connectivity index (χ2v) is 4.88. The van der Waals surface area contributed by atoms with Crippen LogP contribution in [0.25, 0.3) is 6.08 Å². The molecule has 0 heterocycles. The molecular formula is C18H19NO2. The summed E-state index contributed by atoms with van der Waals surface area (Å²) in [5, 5.41) is 11.8. The van der Waals surface area contributed by atoms with E-state index in [0.717, 1.165) is 22.3 Å². The molecule has 0 atom stereocenters. The van der Waals surface area contributed by atoms with Crippen molar-refractivity contribution in [1.82, 2.24) is 5.32 Å². The normalized spacial score (nSPS) is 10.8. The van der Waals surface area contributed by atoms with E-state index in [9.17, 15) is 4.79 Å². The first-order valence-electron chi connectivity index (χ1n) is 6.89. The molecule has 0 bridgehead atoms. The highest BCUT2D eigenvalue weighted by Crippen LogP contribution is 2.08. The number of benzene rings is 2. The molecule has 2 aromatic rings. The van der Waals surface area contributed by atoms with Crippen molar-refractivity contribution in [3.63, 3.8) is 0 Å². The Balaban J connectivity index is 1.88. The molecule has 0 radical (unpaired) electrons. The third kappa shape index (κ3) is 4.58. The minimum Gasteiger partial charge on any atom is -0.392 e. The fourth-order valence-corrected chi connectivity index (χ4v) is 1.95. The molecule has 3 nitrogen and oxygen atoms in total. The van der Waals surface area contributed by atoms with Crippen LogP contribution in [0.5, 0.6) is 0 Å². The van der Waals surface area contributed by atoms with Gasteiger partial charge in [-0.2, -0.15) is 0 Å². The number of amides is 1. The van der Waals surface area contributed by atoms with Gasteiger partial charge in [0, 0.05) is 12.6 Å². The summed E-state index contributed by atoms with van der Waals surface area (Å²) in [6, 6.07) is 15.4. The number of aliphatic hydroxyl groups excluding tert-OH is 1. The van der Waals surface area contributed by atoms with Gasteiger partial charge in [-0.3, -0.25) is 4.79 Å². The van der Waals surface area contributed by atoms with Crippen molar-refractivity contribution in [3.05, 3.63) is 76.9 Å². The number of nitrogens with one attached hydrogen (secondary N) is 1. The molecule has 108 valence electrons. The van der Waals surface area contributed by atoms with E-state index in [0.29, 0.717) is 6.54 Å². The summed E-state index contributed by atoms with van der Waals surface area (Å²) < 4.78 is 0. The Morgan fingerprint density at radius 2 is 1.76 bits per heavy atom. The highest BCUT2D eigenvalue weighted by atomic mass is 16.3. The Morgan fingerprint density at radius 1 is 1.10 bits per heavy atom. The molecule has 2 aromatic carbocycles. The predicted octanol–water partition coefficient (Wildman–Crippen LogP) is 2.82. The zero-order chi connectivity index (χ0) is 15.1. The maximum Gasteiger partial charge on any atom is 0.244 e. The molecule has 2 rings (SSSR count). The van der Waals surface area contributed by atoms with E-state index in [1.807, 2.05) is 61.5 Å². The van der Waals surface area contributed by atoms with Crippen LogP contribution in [-0.4, -0.2) is 11.0 Å². The van der Waals surface area contributed by atoms with Crippen molar-refractivity contribution in [3.8, 4) is 0 Å². The van der Waals surface area contributed by atoms with E-state index in [2.05, 4.69) is 5.32 Å². The molecule has 0 spiro atoms. The van der Waals surface area contributed by atoms with Crippen molar-refractivity contribution in [2.75, 3.05) is 0 Å². The van der Waals surface area contributed by atoms with Gasteiger partial charge >= 0.3 is 0 Å². The van der Waals surface area contributed by atoms with Crippen molar-refractivity contribution in [2.24, 2.45) is 0 Å². The minimum atomic E-state index is -0.121. The number of carbonyl (C=O) groups excluding carboxylic acids is 1. The molecule has 0 aliphatic rings. The zero-order valence-corrected chi connectivity index (χ0v) is 12.0. The van der Waals surface area contributed by atoms with Gasteiger partial charge in [0.05, 0.1) is 6.61 Å². The monoisotopic (exact) mass is 281 g/mol. The molecule has 21 heavy (non-hydrogen) atoms. The quantitative estimate of drug-likeness (QED) is 0.828. The van der Waals surface area contributed by atoms with E-state index in [4.69, 9.17) is 5.11 Å². The second-order valence-electron chi connectivity index (χ2n) is 4.88. The van der Waals surface area contributed by atoms with Crippen LogP contribution in [0.3, 0.4) is 0 Å². The van der Waals surface area contributed by atoms with Gasteiger partial charge in [0.15, 0.2) is 0 Å². The number of carbonyl (C=O) groups is 1. The minimum absolute atomic E-state index is 0.0335. The van der Waals surface area contributed by atoms with Crippen molar-refractivity contribution >= 4 is 12.0 Å². The van der Waals surface area contributed by atoms with Gasteiger partial charge in [0.2, 0.25) is 5.91 Å². The molecular weight excluding hydrogens is 262 g/mol. The highest BCUT2D eigenvalue weighted by Gasteiger charge is 1.98. The largest absolute Gasteiger partial charge is 0.392 e. The summed E-state index contributed by atoms with van der Waals surface area (Å²) in [6.07, 6.45) is 3.37. The first kappa shape index (κ1) is 15.0. The molecule has 3 heteroatoms. The first-order valence-corrected chi connectivity index (χ1v) is 6.89. The van der Waals surface area contributed by atoms with Crippen LogP contribution in [0.15, 0.2) is 54.6 Å². The molecule has 1 amide bonds. The van der Waals surface area contributed by atoms with Gasteiger partial charge in [-0.25, -0.2) is 0 Å². The summed E-state index contributed by atoms with van der Waals surface area (Å²) in [5.41, 5.74) is 4.05. The van der Waals surface area contributed by atoms with Gasteiger partial charge < -0.3 is 10.4 Å². The number of aryl methyl sites for hydroxylation is 1. The van der Waals surface area contributed by atoms with E-state index in [-0.39, 0.29) is 12.5 Å². The summed E-state index contributed by atoms with van der Waals surface area (Å²) in [7, 11) is 0. The van der Waals surface area contributed by atoms with Crippen LogP contribution in [0.1, 0.15) is 22.3 Å². The lowest BCUT2D eigenvalue weighted by Gasteiger charge is -2.04. The van der Waals surface area contributed by atoms with Crippen LogP contribution < -0.4 is 5.32 Å². The SMILES string of the molecule is Cc1ccccc1/C=C/C(=O)NCc1ccc(CO)cc1. The van der Waals surface area contributed by atoms with E-state index < -0.39 is 0 Å². The van der Waals surface area contributed by atoms with Gasteiger partial charge in [0.1, 0.15) is 0 Å². The van der Waals surface area contributed by atoms with Crippen molar-refractivity contribution in [2.45, 2.75) is 20.1 Å². The first-order chi connectivity index (χ1) is 10.2. The molecule has 0 aromatic heterocycles. The van der Waals surface area contributed by atoms with Crippen molar-refractivity contribution in [1.29, 1.82) is 0 Å². The maximum atomic E-state index is 11.8. The van der Waals surface area contributed by atoms with Crippen molar-refractivity contribution < 1.29 is 9.90 Å². The van der Waals surface area contributed by atoms with E-state index >= 15 is 0 Å². The molecule has 0 saturated carbocycles. The predicted molar refractivity (Wildman–Crippen MR) is 84.4 cm³/mol. The molecule has 0 fully saturated rings. The van der Waals surface area contributed by atoms with Crippen LogP contribution in [0, 0.1) is 6.92 Å². The Hall–Kier alpha value is -2.39. The smallest absolute Gasteiger partial charge is 0.244 e. The van der Waals surface area contributed by atoms with Gasteiger partial charge in [-0.1, -0.05) is 48.5 Å². The topological polar surface area (TPSA) is 49.3 Å². The molecule has 0 aliphatic carbocycles. The fraction of sp³-hybridized carbons (Fsp3) is 0.167. The molecule has 0 aliphatic heterocycles. The molecule has 0 saturated heterocycles. The summed E-state index contributed by atoms with van der Waals surface area (Å²) in [4.78, 5) is 11.8. The summed E-state index contributed by atoms with van der Waals surface area (Å²) >= 11 is 0. The number of hydrogen-bond acceptors (Lipinski definition) is 2. The average Bonchev–Trinajstić information content (AvgIpc) is 2.52. The Morgan fingerprint density at radius 3 is 2.43 bits per heavy atom. The summed E-state index contributed by atoms with van der Waals surface area (Å²) in [6.45, 7) is 2.52. The van der Waals surface area contributed by atoms with Crippen LogP contribution in [0.2, 0.25) is 0 Å². The van der Waals surface area contributed by atoms with Crippen LogP contribution >= 0.6 is 0 Å². The fourth-order valence-electron chi connectivity index (χ4n) is 1.95. The number of rotatable bonds is 5. The van der Waals surface area contributed by atoms with E-state index in [1.165, 1.54) is 0 Å². The van der Waals surface area contributed by atoms with Gasteiger partial charge in [0.25, 0.3) is 0 Å². The third-order valence-electron chi connectivity index (χ3n) is 3.28. The second kappa shape index (κ2) is 7.41. The molecule has 0 unspecified atom stereocenters. The maximum absolute atomic E-state index is 11.8. The summed E-state index contributed by atoms with van der Waals surface area (Å²) in [5.74, 6) is -0.121. The van der Waals surface area contributed by atoms with Crippen LogP contribution in [-0.2, 0) is 17.9 Å². The lowest BCUT2D eigenvalue weighted by atomic mass is 10.1. The van der Waals surface area contributed by atoms with Gasteiger partial charge in [-0.05, 0) is 35.3 Å². The Kier molecular flexibility index (Phi) is 5.29. The average molecular weight is 281 g/mol. The number of aliphatic hydroxyl groups is 1. The molecule has 2 N–H and O–H groups in total. The highest BCUT2D eigenvalue weighted by molar-refractivity contribution is 5.91. The van der Waals surface area contributed by atoms with E-state index in [1.54, 1.807) is 6.08 Å². The third-order valence-corrected chi connectivity index (χ3v) is 3.28. The zero-order valence-electron chi connectivity index (χ0n) is 12.0. The lowest BCUT2D eigenvalue weighted by Crippen LogP contribution is -2.20. The van der Waals surface area contributed by atoms with Gasteiger partial charge in [-0.15, -0.1) is 0 Å². The number of hydrogen-bond donors (Lipinski definition) is 2. The Labute approximate surface area is 124 Å².